The smallest absolute Gasteiger partial charge is 0.164 e. The molecule has 50 heavy (non-hydrogen) atoms. The molecule has 1 aliphatic carbocycles. The second kappa shape index (κ2) is 11.5. The van der Waals surface area contributed by atoms with Crippen LogP contribution in [0.5, 0.6) is 0 Å². The molecule has 5 heteroatoms. The van der Waals surface area contributed by atoms with E-state index in [1.54, 1.807) is 0 Å². The van der Waals surface area contributed by atoms with Gasteiger partial charge in [0.1, 0.15) is 0 Å². The molecule has 0 spiro atoms. The van der Waals surface area contributed by atoms with Gasteiger partial charge in [-0.1, -0.05) is 121 Å². The molecule has 0 atom stereocenters. The van der Waals surface area contributed by atoms with Crippen LogP contribution in [0.2, 0.25) is 0 Å². The van der Waals surface area contributed by atoms with Gasteiger partial charge >= 0.3 is 0 Å². The summed E-state index contributed by atoms with van der Waals surface area (Å²) >= 11 is 0. The molecular formula is C45H31N5. The molecule has 0 unspecified atom stereocenters. The molecule has 1 aliphatic rings. The number of hydrogen-bond acceptors (Lipinski definition) is 3. The van der Waals surface area contributed by atoms with E-state index in [4.69, 9.17) is 15.0 Å². The quantitative estimate of drug-likeness (QED) is 0.188. The minimum absolute atomic E-state index is 0.681. The SMILES string of the molecule is C1=C(c2nc(-c3ccccc3)nc(-c3ccccc3)n2)CCC=C1n1c2ccccc2c2cc(-n3c4ccccc4c4ccccc43)ccc21. The number of aromatic nitrogens is 5. The fourth-order valence-electron chi connectivity index (χ4n) is 7.55. The molecule has 0 N–H and O–H groups in total. The molecule has 0 aliphatic heterocycles. The summed E-state index contributed by atoms with van der Waals surface area (Å²) in [6.07, 6.45) is 6.36. The van der Waals surface area contributed by atoms with Crippen LogP contribution < -0.4 is 0 Å². The number of nitrogens with zero attached hydrogens (tertiary/aromatic N) is 5. The van der Waals surface area contributed by atoms with E-state index in [1.165, 1.54) is 43.6 Å². The zero-order valence-electron chi connectivity index (χ0n) is 27.2. The molecule has 9 aromatic rings. The zero-order valence-corrected chi connectivity index (χ0v) is 27.2. The van der Waals surface area contributed by atoms with Crippen molar-refractivity contribution in [2.45, 2.75) is 12.8 Å². The Morgan fingerprint density at radius 2 is 0.900 bits per heavy atom. The van der Waals surface area contributed by atoms with E-state index < -0.39 is 0 Å². The van der Waals surface area contributed by atoms with E-state index in [2.05, 4.69) is 137 Å². The molecule has 236 valence electrons. The predicted molar refractivity (Wildman–Crippen MR) is 206 cm³/mol. The first-order valence-electron chi connectivity index (χ1n) is 17.1. The van der Waals surface area contributed by atoms with Gasteiger partial charge in [0.15, 0.2) is 17.5 Å². The van der Waals surface area contributed by atoms with Crippen LogP contribution in [0, 0.1) is 0 Å². The molecule has 0 amide bonds. The Morgan fingerprint density at radius 1 is 0.420 bits per heavy atom. The van der Waals surface area contributed by atoms with Crippen molar-refractivity contribution in [3.8, 4) is 28.5 Å². The van der Waals surface area contributed by atoms with Gasteiger partial charge in [0.25, 0.3) is 0 Å². The Hall–Kier alpha value is -6.59. The second-order valence-corrected chi connectivity index (χ2v) is 12.8. The highest BCUT2D eigenvalue weighted by atomic mass is 15.0. The summed E-state index contributed by atoms with van der Waals surface area (Å²) in [5, 5.41) is 4.98. The van der Waals surface area contributed by atoms with Gasteiger partial charge in [-0.2, -0.15) is 0 Å². The third-order valence-electron chi connectivity index (χ3n) is 9.83. The van der Waals surface area contributed by atoms with Crippen molar-refractivity contribution < 1.29 is 0 Å². The molecular weight excluding hydrogens is 611 g/mol. The van der Waals surface area contributed by atoms with Crippen molar-refractivity contribution in [1.82, 2.24) is 24.1 Å². The van der Waals surface area contributed by atoms with Crippen LogP contribution in [-0.2, 0) is 0 Å². The molecule has 6 aromatic carbocycles. The number of benzene rings is 6. The summed E-state index contributed by atoms with van der Waals surface area (Å²) in [4.78, 5) is 15.0. The summed E-state index contributed by atoms with van der Waals surface area (Å²) in [6.45, 7) is 0. The average Bonchev–Trinajstić information content (AvgIpc) is 3.71. The fraction of sp³-hybridized carbons (Fsp3) is 0.0444. The lowest BCUT2D eigenvalue weighted by molar-refractivity contribution is 0.972. The third kappa shape index (κ3) is 4.59. The number of fused-ring (bicyclic) bond motifs is 6. The monoisotopic (exact) mass is 641 g/mol. The lowest BCUT2D eigenvalue weighted by Crippen LogP contribution is -2.06. The van der Waals surface area contributed by atoms with Crippen LogP contribution in [0.4, 0.5) is 0 Å². The van der Waals surface area contributed by atoms with Gasteiger partial charge in [0, 0.05) is 44.1 Å². The fourth-order valence-corrected chi connectivity index (χ4v) is 7.55. The van der Waals surface area contributed by atoms with Crippen molar-refractivity contribution in [1.29, 1.82) is 0 Å². The van der Waals surface area contributed by atoms with E-state index in [-0.39, 0.29) is 0 Å². The van der Waals surface area contributed by atoms with Crippen LogP contribution >= 0.6 is 0 Å². The van der Waals surface area contributed by atoms with E-state index in [0.717, 1.165) is 46.8 Å². The van der Waals surface area contributed by atoms with Crippen molar-refractivity contribution in [2.75, 3.05) is 0 Å². The van der Waals surface area contributed by atoms with E-state index in [9.17, 15) is 0 Å². The summed E-state index contributed by atoms with van der Waals surface area (Å²) in [7, 11) is 0. The normalized spacial score (nSPS) is 13.3. The molecule has 3 heterocycles. The third-order valence-corrected chi connectivity index (χ3v) is 9.83. The highest BCUT2D eigenvalue weighted by Gasteiger charge is 2.20. The average molecular weight is 642 g/mol. The molecule has 0 saturated heterocycles. The molecule has 10 rings (SSSR count). The van der Waals surface area contributed by atoms with Gasteiger partial charge in [0.05, 0.1) is 22.1 Å². The number of para-hydroxylation sites is 3. The first kappa shape index (κ1) is 28.4. The first-order valence-corrected chi connectivity index (χ1v) is 17.1. The van der Waals surface area contributed by atoms with Crippen molar-refractivity contribution in [3.63, 3.8) is 0 Å². The van der Waals surface area contributed by atoms with Crippen LogP contribution in [0.25, 0.3) is 83.3 Å². The van der Waals surface area contributed by atoms with Gasteiger partial charge in [-0.3, -0.25) is 0 Å². The van der Waals surface area contributed by atoms with Gasteiger partial charge < -0.3 is 9.13 Å². The Balaban J connectivity index is 1.14. The van der Waals surface area contributed by atoms with Crippen molar-refractivity contribution in [2.24, 2.45) is 0 Å². The lowest BCUT2D eigenvalue weighted by atomic mass is 10.0. The van der Waals surface area contributed by atoms with Gasteiger partial charge in [-0.25, -0.2) is 15.0 Å². The van der Waals surface area contributed by atoms with E-state index in [0.29, 0.717) is 11.6 Å². The number of hydrogen-bond donors (Lipinski definition) is 0. The highest BCUT2D eigenvalue weighted by molar-refractivity contribution is 6.13. The van der Waals surface area contributed by atoms with Gasteiger partial charge in [-0.05, 0) is 60.9 Å². The van der Waals surface area contributed by atoms with Crippen LogP contribution in [-0.4, -0.2) is 24.1 Å². The molecule has 3 aromatic heterocycles. The molecule has 0 fully saturated rings. The van der Waals surface area contributed by atoms with Gasteiger partial charge in [-0.15, -0.1) is 0 Å². The molecule has 0 radical (unpaired) electrons. The standard InChI is InChI=1S/C45H31N5/c1-3-14-30(15-4-1)43-46-44(31-16-5-2-6-17-31)48-45(47-43)32-18-13-19-33(28-32)49-41-25-12-9-22-37(41)38-29-34(26-27-42(38)49)50-39-23-10-7-20-35(39)36-21-8-11-24-40(36)50/h1-12,14-17,19-29H,13,18H2. The topological polar surface area (TPSA) is 48.5 Å². The minimum atomic E-state index is 0.681. The Labute approximate surface area is 289 Å². The number of allylic oxidation sites excluding steroid dienone is 4. The second-order valence-electron chi connectivity index (χ2n) is 12.8. The Bertz CT molecular complexity index is 2690. The molecule has 5 nitrogen and oxygen atoms in total. The van der Waals surface area contributed by atoms with E-state index >= 15 is 0 Å². The number of rotatable bonds is 5. The van der Waals surface area contributed by atoms with Crippen LogP contribution in [0.1, 0.15) is 18.7 Å². The van der Waals surface area contributed by atoms with E-state index in [1.807, 2.05) is 36.4 Å². The maximum absolute atomic E-state index is 5.05. The summed E-state index contributed by atoms with van der Waals surface area (Å²) in [6, 6.07) is 53.3. The van der Waals surface area contributed by atoms with Crippen molar-refractivity contribution in [3.05, 3.63) is 170 Å². The maximum atomic E-state index is 5.05. The Kier molecular flexibility index (Phi) is 6.56. The highest BCUT2D eigenvalue weighted by Crippen LogP contribution is 2.39. The van der Waals surface area contributed by atoms with Crippen LogP contribution in [0.3, 0.4) is 0 Å². The largest absolute Gasteiger partial charge is 0.310 e. The molecule has 0 bridgehead atoms. The summed E-state index contributed by atoms with van der Waals surface area (Å²) in [5.41, 5.74) is 10.1. The predicted octanol–water partition coefficient (Wildman–Crippen LogP) is 11.1. The lowest BCUT2D eigenvalue weighted by Gasteiger charge is -2.17. The first-order chi connectivity index (χ1) is 24.8. The zero-order chi connectivity index (χ0) is 33.0. The Morgan fingerprint density at radius 3 is 1.50 bits per heavy atom. The summed E-state index contributed by atoms with van der Waals surface area (Å²) in [5.74, 6) is 2.08. The van der Waals surface area contributed by atoms with Crippen molar-refractivity contribution >= 4 is 54.9 Å². The minimum Gasteiger partial charge on any atom is -0.310 e. The maximum Gasteiger partial charge on any atom is 0.164 e. The van der Waals surface area contributed by atoms with Crippen LogP contribution in [0.15, 0.2) is 164 Å². The van der Waals surface area contributed by atoms with Gasteiger partial charge in [0.2, 0.25) is 0 Å². The molecule has 0 saturated carbocycles. The summed E-state index contributed by atoms with van der Waals surface area (Å²) < 4.78 is 4.79.